The van der Waals surface area contributed by atoms with Crippen molar-refractivity contribution in [1.29, 1.82) is 0 Å². The zero-order valence-corrected chi connectivity index (χ0v) is 15.8. The smallest absolute Gasteiger partial charge is 0.191 e. The highest BCUT2D eigenvalue weighted by Gasteiger charge is 2.25. The molecule has 0 saturated carbocycles. The maximum absolute atomic E-state index is 4.42. The molecule has 0 spiro atoms. The first kappa shape index (κ1) is 18.0. The first-order valence-electron chi connectivity index (χ1n) is 9.31. The molecule has 0 aromatic heterocycles. The molecule has 0 radical (unpaired) electrons. The van der Waals surface area contributed by atoms with Gasteiger partial charge in [0.05, 0.1) is 0 Å². The van der Waals surface area contributed by atoms with Gasteiger partial charge in [-0.1, -0.05) is 18.2 Å². The molecule has 2 aliphatic heterocycles. The lowest BCUT2D eigenvalue weighted by atomic mass is 10.2. The van der Waals surface area contributed by atoms with Crippen molar-refractivity contribution >= 4 is 11.6 Å². The number of aliphatic imine (C=N–C) groups is 1. The largest absolute Gasteiger partial charge is 0.369 e. The molecule has 2 atom stereocenters. The third-order valence-electron chi connectivity index (χ3n) is 5.36. The zero-order chi connectivity index (χ0) is 17.6. The van der Waals surface area contributed by atoms with Crippen molar-refractivity contribution < 1.29 is 0 Å². The molecule has 2 unspecified atom stereocenters. The van der Waals surface area contributed by atoms with Gasteiger partial charge in [-0.15, -0.1) is 0 Å². The minimum atomic E-state index is 0.443. The van der Waals surface area contributed by atoms with Gasteiger partial charge in [-0.3, -0.25) is 9.89 Å². The summed E-state index contributed by atoms with van der Waals surface area (Å²) in [5, 5.41) is 7.12. The lowest BCUT2D eigenvalue weighted by molar-refractivity contribution is 0.116. The van der Waals surface area contributed by atoms with Gasteiger partial charge in [0.15, 0.2) is 5.96 Å². The van der Waals surface area contributed by atoms with Crippen LogP contribution in [-0.2, 0) is 0 Å². The Morgan fingerprint density at radius 3 is 2.68 bits per heavy atom. The van der Waals surface area contributed by atoms with E-state index in [-0.39, 0.29) is 0 Å². The van der Waals surface area contributed by atoms with Gasteiger partial charge in [0.1, 0.15) is 0 Å². The molecule has 3 rings (SSSR count). The maximum Gasteiger partial charge on any atom is 0.191 e. The average molecular weight is 345 g/mol. The minimum Gasteiger partial charge on any atom is -0.369 e. The second-order valence-electron chi connectivity index (χ2n) is 7.26. The van der Waals surface area contributed by atoms with E-state index in [9.17, 15) is 0 Å². The highest BCUT2D eigenvalue weighted by Crippen LogP contribution is 2.19. The van der Waals surface area contributed by atoms with Gasteiger partial charge >= 0.3 is 0 Å². The predicted octanol–water partition coefficient (Wildman–Crippen LogP) is 0.676. The molecule has 1 aromatic carbocycles. The molecule has 0 aliphatic carbocycles. The second-order valence-corrected chi connectivity index (χ2v) is 7.26. The number of nitrogens with one attached hydrogen (secondary N) is 2. The number of likely N-dealkylation sites (N-methyl/N-ethyl adjacent to an activating group) is 2. The minimum absolute atomic E-state index is 0.443. The maximum atomic E-state index is 4.42. The lowest BCUT2D eigenvalue weighted by Gasteiger charge is -2.38. The van der Waals surface area contributed by atoms with E-state index < -0.39 is 0 Å². The predicted molar refractivity (Wildman–Crippen MR) is 105 cm³/mol. The molecule has 1 aromatic rings. The molecule has 0 bridgehead atoms. The number of hydrogen-bond acceptors (Lipinski definition) is 4. The van der Waals surface area contributed by atoms with Crippen molar-refractivity contribution in [1.82, 2.24) is 20.4 Å². The van der Waals surface area contributed by atoms with Crippen LogP contribution in [0.2, 0.25) is 0 Å². The lowest BCUT2D eigenvalue weighted by Crippen LogP contribution is -2.56. The van der Waals surface area contributed by atoms with Gasteiger partial charge in [-0.25, -0.2) is 0 Å². The van der Waals surface area contributed by atoms with E-state index in [0.29, 0.717) is 12.1 Å². The van der Waals surface area contributed by atoms with Gasteiger partial charge in [-0.05, 0) is 32.6 Å². The topological polar surface area (TPSA) is 46.1 Å². The van der Waals surface area contributed by atoms with Crippen LogP contribution in [0.25, 0.3) is 0 Å². The highest BCUT2D eigenvalue weighted by atomic mass is 15.3. The molecule has 2 fully saturated rings. The van der Waals surface area contributed by atoms with Crippen LogP contribution >= 0.6 is 0 Å². The SMILES string of the molecule is CN=C(NCC1CN(C)CCN1C)NC1CCN(c2ccccc2)C1. The Morgan fingerprint density at radius 2 is 1.92 bits per heavy atom. The van der Waals surface area contributed by atoms with Crippen LogP contribution in [0.15, 0.2) is 35.3 Å². The summed E-state index contributed by atoms with van der Waals surface area (Å²) in [5.41, 5.74) is 1.31. The molecular weight excluding hydrogens is 312 g/mol. The molecule has 0 amide bonds. The number of para-hydroxylation sites is 1. The zero-order valence-electron chi connectivity index (χ0n) is 15.8. The van der Waals surface area contributed by atoms with Gasteiger partial charge in [0.2, 0.25) is 0 Å². The average Bonchev–Trinajstić information content (AvgIpc) is 3.10. The molecule has 6 nitrogen and oxygen atoms in total. The van der Waals surface area contributed by atoms with Crippen LogP contribution in [0.3, 0.4) is 0 Å². The third-order valence-corrected chi connectivity index (χ3v) is 5.36. The first-order valence-corrected chi connectivity index (χ1v) is 9.31. The van der Waals surface area contributed by atoms with E-state index in [4.69, 9.17) is 0 Å². The second kappa shape index (κ2) is 8.54. The standard InChI is InChI=1S/C19H32N6/c1-20-19(21-13-18-15-23(2)11-12-24(18)3)22-16-9-10-25(14-16)17-7-5-4-6-8-17/h4-8,16,18H,9-15H2,1-3H3,(H2,20,21,22). The fourth-order valence-corrected chi connectivity index (χ4v) is 3.68. The van der Waals surface area contributed by atoms with Crippen molar-refractivity contribution in [2.45, 2.75) is 18.5 Å². The fraction of sp³-hybridized carbons (Fsp3) is 0.632. The molecule has 2 N–H and O–H groups in total. The van der Waals surface area contributed by atoms with Gasteiger partial charge in [0.25, 0.3) is 0 Å². The van der Waals surface area contributed by atoms with Crippen molar-refractivity contribution in [3.8, 4) is 0 Å². The highest BCUT2D eigenvalue weighted by molar-refractivity contribution is 5.80. The third kappa shape index (κ3) is 4.86. The summed E-state index contributed by atoms with van der Waals surface area (Å²) < 4.78 is 0. The molecule has 2 aliphatic rings. The summed E-state index contributed by atoms with van der Waals surface area (Å²) in [6.07, 6.45) is 1.14. The Hall–Kier alpha value is -1.79. The molecule has 2 heterocycles. The van der Waals surface area contributed by atoms with Crippen LogP contribution in [0.4, 0.5) is 5.69 Å². The molecule has 138 valence electrons. The summed E-state index contributed by atoms with van der Waals surface area (Å²) in [6, 6.07) is 11.6. The van der Waals surface area contributed by atoms with E-state index >= 15 is 0 Å². The summed E-state index contributed by atoms with van der Waals surface area (Å²) >= 11 is 0. The van der Waals surface area contributed by atoms with Crippen LogP contribution in [0.1, 0.15) is 6.42 Å². The van der Waals surface area contributed by atoms with Crippen LogP contribution in [0, 0.1) is 0 Å². The fourth-order valence-electron chi connectivity index (χ4n) is 3.68. The Balaban J connectivity index is 1.46. The Bertz CT molecular complexity index is 560. The van der Waals surface area contributed by atoms with E-state index in [2.05, 4.69) is 74.8 Å². The van der Waals surface area contributed by atoms with E-state index in [1.165, 1.54) is 5.69 Å². The number of benzene rings is 1. The van der Waals surface area contributed by atoms with Crippen molar-refractivity contribution in [3.63, 3.8) is 0 Å². The summed E-state index contributed by atoms with van der Waals surface area (Å²) in [5.74, 6) is 0.918. The van der Waals surface area contributed by atoms with Crippen molar-refractivity contribution in [2.75, 3.05) is 65.3 Å². The van der Waals surface area contributed by atoms with Gasteiger partial charge in [-0.2, -0.15) is 0 Å². The number of guanidine groups is 1. The van der Waals surface area contributed by atoms with Crippen LogP contribution < -0.4 is 15.5 Å². The summed E-state index contributed by atoms with van der Waals surface area (Å²) in [6.45, 7) is 6.42. The number of anilines is 1. The summed E-state index contributed by atoms with van der Waals surface area (Å²) in [4.78, 5) is 11.7. The van der Waals surface area contributed by atoms with E-state index in [1.807, 2.05) is 7.05 Å². The van der Waals surface area contributed by atoms with Gasteiger partial charge in [0, 0.05) is 64.1 Å². The Labute approximate surface area is 151 Å². The van der Waals surface area contributed by atoms with E-state index in [0.717, 1.165) is 51.6 Å². The molecule has 25 heavy (non-hydrogen) atoms. The number of nitrogens with zero attached hydrogens (tertiary/aromatic N) is 4. The Kier molecular flexibility index (Phi) is 6.15. The number of piperazine rings is 1. The quantitative estimate of drug-likeness (QED) is 0.621. The Morgan fingerprint density at radius 1 is 1.12 bits per heavy atom. The normalized spacial score (nSPS) is 26.0. The van der Waals surface area contributed by atoms with Crippen LogP contribution in [0.5, 0.6) is 0 Å². The van der Waals surface area contributed by atoms with E-state index in [1.54, 1.807) is 0 Å². The van der Waals surface area contributed by atoms with Crippen molar-refractivity contribution in [3.05, 3.63) is 30.3 Å². The molecule has 6 heteroatoms. The molecule has 2 saturated heterocycles. The van der Waals surface area contributed by atoms with Gasteiger partial charge < -0.3 is 20.4 Å². The first-order chi connectivity index (χ1) is 12.2. The summed E-state index contributed by atoms with van der Waals surface area (Å²) in [7, 11) is 6.27. The van der Waals surface area contributed by atoms with Crippen molar-refractivity contribution in [2.24, 2.45) is 4.99 Å². The molecular formula is C19H32N6. The van der Waals surface area contributed by atoms with Crippen LogP contribution in [-0.4, -0.2) is 88.3 Å². The monoisotopic (exact) mass is 344 g/mol. The number of hydrogen-bond donors (Lipinski definition) is 2. The number of rotatable bonds is 4.